The first-order valence-electron chi connectivity index (χ1n) is 10.2. The number of fused-ring (bicyclic) bond motifs is 1. The van der Waals surface area contributed by atoms with Gasteiger partial charge in [-0.3, -0.25) is 9.59 Å². The van der Waals surface area contributed by atoms with Crippen molar-refractivity contribution in [3.63, 3.8) is 0 Å². The third kappa shape index (κ3) is 4.16. The van der Waals surface area contributed by atoms with Crippen molar-refractivity contribution in [2.75, 3.05) is 13.2 Å². The molecule has 0 radical (unpaired) electrons. The second-order valence-corrected chi connectivity index (χ2v) is 7.26. The van der Waals surface area contributed by atoms with Crippen LogP contribution in [0.25, 0.3) is 11.0 Å². The Morgan fingerprint density at radius 2 is 1.93 bits per heavy atom. The van der Waals surface area contributed by atoms with Crippen LogP contribution in [0, 0.1) is 0 Å². The lowest BCUT2D eigenvalue weighted by molar-refractivity contribution is -0.132. The molecule has 4 rings (SSSR count). The van der Waals surface area contributed by atoms with Gasteiger partial charge in [0, 0.05) is 24.9 Å². The molecule has 1 unspecified atom stereocenters. The molecule has 1 aliphatic rings. The average Bonchev–Trinajstić information content (AvgIpc) is 3.39. The van der Waals surface area contributed by atoms with E-state index in [1.165, 1.54) is 0 Å². The van der Waals surface area contributed by atoms with Gasteiger partial charge in [0.15, 0.2) is 5.78 Å². The number of H-pyrrole nitrogens is 1. The number of carbonyl (C=O) groups excluding carboxylic acids is 2. The van der Waals surface area contributed by atoms with Gasteiger partial charge in [-0.05, 0) is 56.2 Å². The molecule has 6 nitrogen and oxygen atoms in total. The molecule has 150 valence electrons. The van der Waals surface area contributed by atoms with Crippen LogP contribution >= 0.6 is 0 Å². The molecule has 0 spiro atoms. The number of amides is 1. The Balaban J connectivity index is 1.38. The second kappa shape index (κ2) is 8.47. The van der Waals surface area contributed by atoms with Crippen LogP contribution < -0.4 is 4.74 Å². The lowest BCUT2D eigenvalue weighted by Crippen LogP contribution is -2.31. The summed E-state index contributed by atoms with van der Waals surface area (Å²) in [7, 11) is 0. The maximum absolute atomic E-state index is 12.8. The van der Waals surface area contributed by atoms with Crippen molar-refractivity contribution >= 4 is 22.7 Å². The molecule has 0 bridgehead atoms. The molecule has 1 aromatic heterocycles. The monoisotopic (exact) mass is 391 g/mol. The molecule has 1 atom stereocenters. The summed E-state index contributed by atoms with van der Waals surface area (Å²) in [5.41, 5.74) is 2.50. The van der Waals surface area contributed by atoms with Crippen LogP contribution in [-0.4, -0.2) is 39.7 Å². The van der Waals surface area contributed by atoms with Crippen molar-refractivity contribution in [3.05, 3.63) is 59.9 Å². The number of imidazole rings is 1. The Labute approximate surface area is 169 Å². The molecule has 0 saturated carbocycles. The van der Waals surface area contributed by atoms with Crippen LogP contribution in [0.2, 0.25) is 0 Å². The maximum atomic E-state index is 12.8. The Morgan fingerprint density at radius 1 is 1.14 bits per heavy atom. The molecule has 6 heteroatoms. The van der Waals surface area contributed by atoms with E-state index in [9.17, 15) is 9.59 Å². The van der Waals surface area contributed by atoms with Crippen molar-refractivity contribution in [2.45, 2.75) is 38.6 Å². The minimum atomic E-state index is -0.0459. The molecule has 1 fully saturated rings. The largest absolute Gasteiger partial charge is 0.494 e. The number of hydrogen-bond acceptors (Lipinski definition) is 4. The number of nitrogens with zero attached hydrogens (tertiary/aromatic N) is 2. The molecular formula is C23H25N3O3. The van der Waals surface area contributed by atoms with Crippen LogP contribution in [0.4, 0.5) is 0 Å². The summed E-state index contributed by atoms with van der Waals surface area (Å²) in [6, 6.07) is 14.9. The number of ketones is 1. The van der Waals surface area contributed by atoms with E-state index in [0.29, 0.717) is 18.7 Å². The number of aromatic nitrogens is 2. The van der Waals surface area contributed by atoms with Crippen molar-refractivity contribution in [1.29, 1.82) is 0 Å². The molecule has 29 heavy (non-hydrogen) atoms. The number of aromatic amines is 1. The van der Waals surface area contributed by atoms with Crippen molar-refractivity contribution in [2.24, 2.45) is 0 Å². The summed E-state index contributed by atoms with van der Waals surface area (Å²) >= 11 is 0. The zero-order valence-corrected chi connectivity index (χ0v) is 16.6. The normalized spacial score (nSPS) is 16.3. The van der Waals surface area contributed by atoms with Crippen LogP contribution in [0.5, 0.6) is 5.75 Å². The summed E-state index contributed by atoms with van der Waals surface area (Å²) in [6.07, 6.45) is 2.25. The number of hydrogen-bond donors (Lipinski definition) is 1. The van der Waals surface area contributed by atoms with E-state index in [1.807, 2.05) is 36.1 Å². The van der Waals surface area contributed by atoms with Gasteiger partial charge >= 0.3 is 0 Å². The minimum Gasteiger partial charge on any atom is -0.494 e. The highest BCUT2D eigenvalue weighted by Crippen LogP contribution is 2.32. The van der Waals surface area contributed by atoms with Gasteiger partial charge in [-0.15, -0.1) is 0 Å². The highest BCUT2D eigenvalue weighted by molar-refractivity contribution is 5.98. The van der Waals surface area contributed by atoms with Crippen molar-refractivity contribution in [3.8, 4) is 5.75 Å². The molecule has 1 amide bonds. The third-order valence-corrected chi connectivity index (χ3v) is 5.35. The lowest BCUT2D eigenvalue weighted by Gasteiger charge is -2.23. The molecule has 3 aromatic rings. The summed E-state index contributed by atoms with van der Waals surface area (Å²) in [5.74, 6) is 1.55. The second-order valence-electron chi connectivity index (χ2n) is 7.26. The molecule has 0 aliphatic carbocycles. The van der Waals surface area contributed by atoms with Gasteiger partial charge in [-0.2, -0.15) is 0 Å². The van der Waals surface area contributed by atoms with Crippen LogP contribution in [-0.2, 0) is 4.79 Å². The van der Waals surface area contributed by atoms with Gasteiger partial charge in [0.2, 0.25) is 5.91 Å². The summed E-state index contributed by atoms with van der Waals surface area (Å²) in [6.45, 7) is 3.21. The first-order valence-corrected chi connectivity index (χ1v) is 10.2. The van der Waals surface area contributed by atoms with Gasteiger partial charge < -0.3 is 14.6 Å². The van der Waals surface area contributed by atoms with Crippen LogP contribution in [0.15, 0.2) is 48.5 Å². The van der Waals surface area contributed by atoms with E-state index in [2.05, 4.69) is 9.97 Å². The smallest absolute Gasteiger partial charge is 0.223 e. The Morgan fingerprint density at radius 3 is 2.69 bits per heavy atom. The first-order chi connectivity index (χ1) is 14.2. The summed E-state index contributed by atoms with van der Waals surface area (Å²) in [5, 5.41) is 0. The number of carbonyl (C=O) groups is 2. The first kappa shape index (κ1) is 19.2. The molecule has 1 saturated heterocycles. The molecular weight excluding hydrogens is 366 g/mol. The van der Waals surface area contributed by atoms with E-state index >= 15 is 0 Å². The number of rotatable bonds is 7. The third-order valence-electron chi connectivity index (χ3n) is 5.35. The number of Topliss-reactive ketones (excluding diaryl/α,β-unsaturated/α-hetero) is 1. The predicted molar refractivity (Wildman–Crippen MR) is 111 cm³/mol. The van der Waals surface area contributed by atoms with Gasteiger partial charge in [-0.25, -0.2) is 4.98 Å². The molecule has 2 aromatic carbocycles. The van der Waals surface area contributed by atoms with Crippen LogP contribution in [0.3, 0.4) is 0 Å². The standard InChI is InChI=1S/C23H25N3O3/c1-2-29-17-11-9-16(10-12-17)21(27)13-14-22(28)26-15-5-8-20(26)23-24-18-6-3-4-7-19(18)25-23/h3-4,6-7,9-12,20H,2,5,8,13-15H2,1H3,(H,24,25). The predicted octanol–water partition coefficient (Wildman–Crippen LogP) is 4.29. The Bertz CT molecular complexity index is 977. The van der Waals surface area contributed by atoms with E-state index < -0.39 is 0 Å². The van der Waals surface area contributed by atoms with E-state index in [0.717, 1.165) is 35.4 Å². The number of para-hydroxylation sites is 2. The van der Waals surface area contributed by atoms with E-state index in [4.69, 9.17) is 4.74 Å². The lowest BCUT2D eigenvalue weighted by atomic mass is 10.1. The topological polar surface area (TPSA) is 75.3 Å². The maximum Gasteiger partial charge on any atom is 0.223 e. The molecule has 2 heterocycles. The van der Waals surface area contributed by atoms with Gasteiger partial charge in [0.25, 0.3) is 0 Å². The van der Waals surface area contributed by atoms with Crippen molar-refractivity contribution < 1.29 is 14.3 Å². The van der Waals surface area contributed by atoms with Crippen LogP contribution in [0.1, 0.15) is 54.8 Å². The number of nitrogens with one attached hydrogen (secondary N) is 1. The fraction of sp³-hybridized carbons (Fsp3) is 0.348. The zero-order chi connectivity index (χ0) is 20.2. The van der Waals surface area contributed by atoms with E-state index in [-0.39, 0.29) is 30.6 Å². The average molecular weight is 391 g/mol. The van der Waals surface area contributed by atoms with Gasteiger partial charge in [0.05, 0.1) is 23.7 Å². The van der Waals surface area contributed by atoms with E-state index in [1.54, 1.807) is 24.3 Å². The number of benzene rings is 2. The number of likely N-dealkylation sites (tertiary alicyclic amines) is 1. The molecule has 1 aliphatic heterocycles. The highest BCUT2D eigenvalue weighted by Gasteiger charge is 2.32. The van der Waals surface area contributed by atoms with Gasteiger partial charge in [-0.1, -0.05) is 12.1 Å². The highest BCUT2D eigenvalue weighted by atomic mass is 16.5. The SMILES string of the molecule is CCOc1ccc(C(=O)CCC(=O)N2CCCC2c2nc3ccccc3[nH]2)cc1. The fourth-order valence-electron chi connectivity index (χ4n) is 3.89. The minimum absolute atomic E-state index is 0.00671. The summed E-state index contributed by atoms with van der Waals surface area (Å²) in [4.78, 5) is 35.2. The fourth-order valence-corrected chi connectivity index (χ4v) is 3.89. The Hall–Kier alpha value is -3.15. The van der Waals surface area contributed by atoms with Gasteiger partial charge in [0.1, 0.15) is 11.6 Å². The zero-order valence-electron chi connectivity index (χ0n) is 16.6. The number of ether oxygens (including phenoxy) is 1. The quantitative estimate of drug-likeness (QED) is 0.610. The van der Waals surface area contributed by atoms with Crippen molar-refractivity contribution in [1.82, 2.24) is 14.9 Å². The molecule has 1 N–H and O–H groups in total. The summed E-state index contributed by atoms with van der Waals surface area (Å²) < 4.78 is 5.40. The Kier molecular flexibility index (Phi) is 5.60.